The van der Waals surface area contributed by atoms with Crippen molar-refractivity contribution in [3.8, 4) is 0 Å². The number of rotatable bonds is 14. The quantitative estimate of drug-likeness (QED) is 0.201. The lowest BCUT2D eigenvalue weighted by atomic mass is 9.81. The Hall–Kier alpha value is -3.55. The van der Waals surface area contributed by atoms with Gasteiger partial charge in [0.2, 0.25) is 11.8 Å². The molecule has 0 spiro atoms. The van der Waals surface area contributed by atoms with Gasteiger partial charge >= 0.3 is 0 Å². The fraction of sp³-hybridized carbons (Fsp3) is 0.667. The molecule has 10 nitrogen and oxygen atoms in total. The molecule has 14 heteroatoms. The summed E-state index contributed by atoms with van der Waals surface area (Å²) >= 11 is 0. The van der Waals surface area contributed by atoms with Crippen LogP contribution in [0.4, 0.5) is 17.6 Å². The van der Waals surface area contributed by atoms with Crippen molar-refractivity contribution in [2.45, 2.75) is 95.7 Å². The lowest BCUT2D eigenvalue weighted by Gasteiger charge is -2.33. The van der Waals surface area contributed by atoms with Crippen LogP contribution in [0.2, 0.25) is 0 Å². The number of imidazole rings is 1. The smallest absolute Gasteiger partial charge is 0.270 e. The summed E-state index contributed by atoms with van der Waals surface area (Å²) in [6.07, 6.45) is 6.51. The van der Waals surface area contributed by atoms with E-state index in [1.54, 1.807) is 33.9 Å². The number of amides is 2. The van der Waals surface area contributed by atoms with Crippen LogP contribution < -0.4 is 10.6 Å². The Morgan fingerprint density at radius 1 is 1.00 bits per heavy atom. The van der Waals surface area contributed by atoms with Gasteiger partial charge in [-0.05, 0) is 87.8 Å². The molecule has 258 valence electrons. The summed E-state index contributed by atoms with van der Waals surface area (Å²) in [4.78, 5) is 31.5. The zero-order valence-corrected chi connectivity index (χ0v) is 27.0. The molecule has 1 saturated carbocycles. The molecular weight excluding hydrogens is 618 g/mol. The van der Waals surface area contributed by atoms with Gasteiger partial charge in [-0.1, -0.05) is 0 Å². The number of halogens is 4. The van der Waals surface area contributed by atoms with Gasteiger partial charge in [-0.3, -0.25) is 23.1 Å². The van der Waals surface area contributed by atoms with Crippen LogP contribution in [0.5, 0.6) is 0 Å². The van der Waals surface area contributed by atoms with Crippen molar-refractivity contribution < 1.29 is 31.9 Å². The Kier molecular flexibility index (Phi) is 11.5. The van der Waals surface area contributed by atoms with E-state index in [0.29, 0.717) is 43.1 Å². The van der Waals surface area contributed by atoms with Gasteiger partial charge in [0.25, 0.3) is 5.91 Å². The molecule has 0 aromatic carbocycles. The third-order valence-corrected chi connectivity index (χ3v) is 9.51. The number of carbonyl (C=O) groups excluding carboxylic acids is 2. The molecule has 0 radical (unpaired) electrons. The summed E-state index contributed by atoms with van der Waals surface area (Å²) in [5.41, 5.74) is 2.07. The molecule has 3 aromatic rings. The van der Waals surface area contributed by atoms with Gasteiger partial charge in [0, 0.05) is 44.7 Å². The van der Waals surface area contributed by atoms with Crippen molar-refractivity contribution in [3.05, 3.63) is 47.7 Å². The van der Waals surface area contributed by atoms with E-state index in [2.05, 4.69) is 20.8 Å². The maximum absolute atomic E-state index is 14.1. The number of aromatic nitrogens is 5. The maximum atomic E-state index is 14.1. The molecule has 1 aliphatic carbocycles. The number of hydrogen-bond donors (Lipinski definition) is 2. The van der Waals surface area contributed by atoms with E-state index in [4.69, 9.17) is 9.72 Å². The standard InChI is InChI=1S/C33H45F4N7O3/c1-21(2)44-27(7-14-38-44)32(46)42-31(23-3-10-33(36,37)11-4-23)26-20-43-28(40-26)18-25(19-39-43)30(24-8-15-47-16-9-24)41-29(45)17-22(5-12-34)6-13-35/h7,14,18-24,30-31H,3-6,8-13,15-17H2,1-2H3,(H,41,45)(H,42,46)/t30?,31-/m0/s1. The zero-order chi connectivity index (χ0) is 33.6. The summed E-state index contributed by atoms with van der Waals surface area (Å²) in [5, 5.41) is 15.0. The monoisotopic (exact) mass is 663 g/mol. The molecular formula is C33H45F4N7O3. The third kappa shape index (κ3) is 8.68. The maximum Gasteiger partial charge on any atom is 0.270 e. The van der Waals surface area contributed by atoms with Gasteiger partial charge < -0.3 is 15.4 Å². The number of alkyl halides is 4. The van der Waals surface area contributed by atoms with E-state index in [1.807, 2.05) is 19.9 Å². The fourth-order valence-corrected chi connectivity index (χ4v) is 6.85. The van der Waals surface area contributed by atoms with Gasteiger partial charge in [0.15, 0.2) is 5.65 Å². The first-order valence-electron chi connectivity index (χ1n) is 16.6. The van der Waals surface area contributed by atoms with Crippen LogP contribution in [0, 0.1) is 17.8 Å². The van der Waals surface area contributed by atoms with Crippen molar-refractivity contribution in [1.82, 2.24) is 35.0 Å². The summed E-state index contributed by atoms with van der Waals surface area (Å²) in [6, 6.07) is 2.33. The highest BCUT2D eigenvalue weighted by Gasteiger charge is 2.40. The predicted octanol–water partition coefficient (Wildman–Crippen LogP) is 6.11. The molecule has 5 rings (SSSR count). The second-order valence-electron chi connectivity index (χ2n) is 13.2. The van der Waals surface area contributed by atoms with Crippen LogP contribution in [-0.4, -0.2) is 68.7 Å². The molecule has 3 aromatic heterocycles. The minimum Gasteiger partial charge on any atom is -0.381 e. The minimum atomic E-state index is -2.74. The Morgan fingerprint density at radius 2 is 1.68 bits per heavy atom. The van der Waals surface area contributed by atoms with Crippen molar-refractivity contribution >= 4 is 17.5 Å². The van der Waals surface area contributed by atoms with Crippen molar-refractivity contribution in [3.63, 3.8) is 0 Å². The molecule has 0 bridgehead atoms. The summed E-state index contributed by atoms with van der Waals surface area (Å²) in [5.74, 6) is -4.00. The zero-order valence-electron chi connectivity index (χ0n) is 27.0. The molecule has 2 N–H and O–H groups in total. The van der Waals surface area contributed by atoms with Crippen molar-refractivity contribution in [1.29, 1.82) is 0 Å². The Bertz CT molecular complexity index is 1470. The van der Waals surface area contributed by atoms with E-state index in [-0.39, 0.29) is 80.6 Å². The molecule has 2 fully saturated rings. The second-order valence-corrected chi connectivity index (χ2v) is 13.2. The Labute approximate surface area is 272 Å². The second kappa shape index (κ2) is 15.6. The van der Waals surface area contributed by atoms with E-state index in [0.717, 1.165) is 5.56 Å². The Morgan fingerprint density at radius 3 is 2.34 bits per heavy atom. The van der Waals surface area contributed by atoms with Gasteiger partial charge in [0.1, 0.15) is 5.69 Å². The molecule has 1 aliphatic heterocycles. The van der Waals surface area contributed by atoms with Crippen LogP contribution in [0.15, 0.2) is 30.7 Å². The lowest BCUT2D eigenvalue weighted by molar-refractivity contribution is -0.123. The normalized spacial score (nSPS) is 18.9. The number of carbonyl (C=O) groups is 2. The minimum absolute atomic E-state index is 0.0221. The summed E-state index contributed by atoms with van der Waals surface area (Å²) < 4.78 is 63.1. The first-order chi connectivity index (χ1) is 22.6. The van der Waals surface area contributed by atoms with Crippen molar-refractivity contribution in [2.75, 3.05) is 26.6 Å². The number of nitrogens with zero attached hydrogens (tertiary/aromatic N) is 5. The summed E-state index contributed by atoms with van der Waals surface area (Å²) in [7, 11) is 0. The number of fused-ring (bicyclic) bond motifs is 1. The first kappa shape index (κ1) is 34.8. The van der Waals surface area contributed by atoms with E-state index < -0.39 is 31.4 Å². The molecule has 47 heavy (non-hydrogen) atoms. The molecule has 4 heterocycles. The van der Waals surface area contributed by atoms with Crippen molar-refractivity contribution in [2.24, 2.45) is 17.8 Å². The number of hydrogen-bond acceptors (Lipinski definition) is 6. The fourth-order valence-electron chi connectivity index (χ4n) is 6.85. The highest BCUT2D eigenvalue weighted by Crippen LogP contribution is 2.41. The average Bonchev–Trinajstić information content (AvgIpc) is 3.71. The average molecular weight is 664 g/mol. The van der Waals surface area contributed by atoms with Gasteiger partial charge in [-0.15, -0.1) is 0 Å². The van der Waals surface area contributed by atoms with Gasteiger partial charge in [0.05, 0.1) is 43.5 Å². The lowest BCUT2D eigenvalue weighted by Crippen LogP contribution is -2.38. The molecule has 1 unspecified atom stereocenters. The SMILES string of the molecule is CC(C)n1nccc1C(=O)N[C@H](c1cn2ncc(C(NC(=O)CC(CCF)CCF)C3CCOCC3)cc2n1)C1CCC(F)(F)CC1. The molecule has 2 aliphatic rings. The Balaban J connectivity index is 1.43. The van der Waals surface area contributed by atoms with Crippen LogP contribution in [0.3, 0.4) is 0 Å². The van der Waals surface area contributed by atoms with Crippen LogP contribution in [0.1, 0.15) is 112 Å². The van der Waals surface area contributed by atoms with E-state index in [9.17, 15) is 27.2 Å². The van der Waals surface area contributed by atoms with Crippen LogP contribution in [-0.2, 0) is 9.53 Å². The highest BCUT2D eigenvalue weighted by molar-refractivity contribution is 5.92. The predicted molar refractivity (Wildman–Crippen MR) is 166 cm³/mol. The molecule has 1 saturated heterocycles. The molecule has 2 atom stereocenters. The van der Waals surface area contributed by atoms with Gasteiger partial charge in [-0.25, -0.2) is 18.3 Å². The van der Waals surface area contributed by atoms with Gasteiger partial charge in [-0.2, -0.15) is 10.2 Å². The summed E-state index contributed by atoms with van der Waals surface area (Å²) in [6.45, 7) is 3.69. The third-order valence-electron chi connectivity index (χ3n) is 9.51. The largest absolute Gasteiger partial charge is 0.381 e. The van der Waals surface area contributed by atoms with E-state index in [1.165, 1.54) is 0 Å². The van der Waals surface area contributed by atoms with E-state index >= 15 is 0 Å². The highest BCUT2D eigenvalue weighted by atomic mass is 19.3. The van der Waals surface area contributed by atoms with Crippen LogP contribution >= 0.6 is 0 Å². The van der Waals surface area contributed by atoms with Crippen LogP contribution in [0.25, 0.3) is 5.65 Å². The first-order valence-corrected chi connectivity index (χ1v) is 16.6. The number of nitrogens with one attached hydrogen (secondary N) is 2. The topological polar surface area (TPSA) is 115 Å². The molecule has 2 amide bonds. The number of ether oxygens (including phenoxy) is 1.